The molecule has 0 amide bonds. The minimum absolute atomic E-state index is 0.580. The number of halogens is 2. The number of carboxylic acid groups (broad SMARTS) is 1. The number of benzene rings is 1. The first-order chi connectivity index (χ1) is 9.33. The van der Waals surface area contributed by atoms with Gasteiger partial charge in [0.15, 0.2) is 5.82 Å². The third-order valence-corrected chi connectivity index (χ3v) is 3.73. The lowest BCUT2D eigenvalue weighted by Crippen LogP contribution is -2.24. The van der Waals surface area contributed by atoms with E-state index in [4.69, 9.17) is 5.11 Å². The van der Waals surface area contributed by atoms with Crippen molar-refractivity contribution in [2.75, 3.05) is 4.83 Å². The monoisotopic (exact) mass is 302 g/mol. The van der Waals surface area contributed by atoms with Crippen molar-refractivity contribution in [3.8, 4) is 0 Å². The van der Waals surface area contributed by atoms with E-state index >= 15 is 0 Å². The quantitative estimate of drug-likeness (QED) is 0.893. The fourth-order valence-corrected chi connectivity index (χ4v) is 2.60. The van der Waals surface area contributed by atoms with Gasteiger partial charge in [0.05, 0.1) is 0 Å². The summed E-state index contributed by atoms with van der Waals surface area (Å²) in [5.74, 6) is -4.90. The van der Waals surface area contributed by atoms with Crippen LogP contribution in [0.1, 0.15) is 10.4 Å². The van der Waals surface area contributed by atoms with Crippen molar-refractivity contribution < 1.29 is 27.1 Å². The van der Waals surface area contributed by atoms with Crippen LogP contribution in [0.25, 0.3) is 0 Å². The zero-order valence-electron chi connectivity index (χ0n) is 9.75. The molecule has 106 valence electrons. The highest BCUT2D eigenvalue weighted by atomic mass is 32.2. The summed E-state index contributed by atoms with van der Waals surface area (Å²) in [6.07, 6.45) is 2.69. The van der Waals surface area contributed by atoms with Gasteiger partial charge in [0, 0.05) is 12.4 Å². The van der Waals surface area contributed by atoms with Gasteiger partial charge < -0.3 is 5.11 Å². The number of carboxylic acids is 1. The van der Waals surface area contributed by atoms with E-state index in [1.807, 2.05) is 4.83 Å². The highest BCUT2D eigenvalue weighted by Crippen LogP contribution is 2.21. The molecule has 0 atom stereocenters. The number of aromatic carboxylic acids is 1. The number of aromatic nitrogens is 1. The molecular formula is C11H8F2N2O4S. The van der Waals surface area contributed by atoms with Crippen LogP contribution in [0.3, 0.4) is 0 Å². The molecule has 6 nitrogen and oxygen atoms in total. The second kappa shape index (κ2) is 4.93. The fraction of sp³-hybridized carbons (Fsp3) is 0. The number of hydrogen-bond acceptors (Lipinski definition) is 3. The van der Waals surface area contributed by atoms with E-state index < -0.39 is 38.1 Å². The first kappa shape index (κ1) is 14.0. The van der Waals surface area contributed by atoms with E-state index in [0.29, 0.717) is 12.1 Å². The SMILES string of the molecule is O=C(O)c1c(F)ccc(S(=O)(=O)Nn2cccc2)c1F. The van der Waals surface area contributed by atoms with E-state index in [9.17, 15) is 22.0 Å². The van der Waals surface area contributed by atoms with Gasteiger partial charge in [-0.3, -0.25) is 4.68 Å². The Hall–Kier alpha value is -2.42. The number of rotatable bonds is 4. The maximum absolute atomic E-state index is 13.9. The molecule has 0 unspecified atom stereocenters. The lowest BCUT2D eigenvalue weighted by atomic mass is 10.2. The van der Waals surface area contributed by atoms with Crippen LogP contribution in [-0.2, 0) is 10.0 Å². The summed E-state index contributed by atoms with van der Waals surface area (Å²) in [5, 5.41) is 8.69. The molecule has 0 aliphatic rings. The lowest BCUT2D eigenvalue weighted by Gasteiger charge is -2.11. The molecule has 0 spiro atoms. The fourth-order valence-electron chi connectivity index (χ4n) is 1.52. The Kier molecular flexibility index (Phi) is 3.45. The van der Waals surface area contributed by atoms with Crippen LogP contribution >= 0.6 is 0 Å². The van der Waals surface area contributed by atoms with Gasteiger partial charge in [-0.2, -0.15) is 8.42 Å². The Morgan fingerprint density at radius 2 is 1.80 bits per heavy atom. The molecule has 0 saturated carbocycles. The molecule has 0 aliphatic heterocycles. The Morgan fingerprint density at radius 1 is 1.20 bits per heavy atom. The normalized spacial score (nSPS) is 11.3. The molecule has 1 aromatic heterocycles. The van der Waals surface area contributed by atoms with Crippen LogP contribution in [0.2, 0.25) is 0 Å². The minimum atomic E-state index is -4.38. The number of carbonyl (C=O) groups is 1. The topological polar surface area (TPSA) is 88.4 Å². The highest BCUT2D eigenvalue weighted by molar-refractivity contribution is 7.92. The molecule has 0 saturated heterocycles. The Labute approximate surface area is 112 Å². The van der Waals surface area contributed by atoms with Crippen molar-refractivity contribution in [2.24, 2.45) is 0 Å². The molecule has 0 radical (unpaired) electrons. The number of sulfonamides is 1. The highest BCUT2D eigenvalue weighted by Gasteiger charge is 2.27. The maximum Gasteiger partial charge on any atom is 0.341 e. The standard InChI is InChI=1S/C11H8F2N2O4S/c12-7-3-4-8(10(13)9(7)11(16)17)20(18,19)14-15-5-1-2-6-15/h1-6,14H,(H,16,17). The lowest BCUT2D eigenvalue weighted by molar-refractivity contribution is 0.0685. The number of hydrogen-bond donors (Lipinski definition) is 2. The van der Waals surface area contributed by atoms with Crippen LogP contribution < -0.4 is 4.83 Å². The number of nitrogens with one attached hydrogen (secondary N) is 1. The third kappa shape index (κ3) is 2.48. The van der Waals surface area contributed by atoms with Crippen molar-refractivity contribution in [2.45, 2.75) is 4.90 Å². The van der Waals surface area contributed by atoms with Crippen LogP contribution in [0, 0.1) is 11.6 Å². The maximum atomic E-state index is 13.9. The number of nitrogens with zero attached hydrogens (tertiary/aromatic N) is 1. The van der Waals surface area contributed by atoms with Gasteiger partial charge in [0.2, 0.25) is 0 Å². The van der Waals surface area contributed by atoms with Crippen molar-refractivity contribution in [1.29, 1.82) is 0 Å². The van der Waals surface area contributed by atoms with Gasteiger partial charge in [-0.1, -0.05) is 0 Å². The smallest absolute Gasteiger partial charge is 0.341 e. The molecule has 0 aliphatic carbocycles. The third-order valence-electron chi connectivity index (χ3n) is 2.39. The van der Waals surface area contributed by atoms with Crippen molar-refractivity contribution in [3.05, 3.63) is 53.9 Å². The van der Waals surface area contributed by atoms with Crippen LogP contribution in [0.15, 0.2) is 41.6 Å². The van der Waals surface area contributed by atoms with Gasteiger partial charge in [0.25, 0.3) is 10.0 Å². The molecule has 9 heteroatoms. The van der Waals surface area contributed by atoms with Gasteiger partial charge >= 0.3 is 5.97 Å². The molecule has 0 bridgehead atoms. The van der Waals surface area contributed by atoms with Crippen LogP contribution in [0.5, 0.6) is 0 Å². The molecule has 2 rings (SSSR count). The van der Waals surface area contributed by atoms with Crippen molar-refractivity contribution >= 4 is 16.0 Å². The van der Waals surface area contributed by atoms with Crippen molar-refractivity contribution in [1.82, 2.24) is 4.68 Å². The minimum Gasteiger partial charge on any atom is -0.477 e. The summed E-state index contributed by atoms with van der Waals surface area (Å²) in [7, 11) is -4.38. The summed E-state index contributed by atoms with van der Waals surface area (Å²) in [6.45, 7) is 0. The molecule has 2 N–H and O–H groups in total. The zero-order chi connectivity index (χ0) is 14.9. The first-order valence-corrected chi connectivity index (χ1v) is 6.68. The summed E-state index contributed by atoms with van der Waals surface area (Å²) < 4.78 is 51.9. The molecule has 20 heavy (non-hydrogen) atoms. The van der Waals surface area contributed by atoms with E-state index in [1.165, 1.54) is 24.5 Å². The molecule has 1 aromatic carbocycles. The van der Waals surface area contributed by atoms with Gasteiger partial charge in [-0.25, -0.2) is 18.4 Å². The van der Waals surface area contributed by atoms with Gasteiger partial charge in [-0.05, 0) is 24.3 Å². The Morgan fingerprint density at radius 3 is 2.35 bits per heavy atom. The molecule has 1 heterocycles. The zero-order valence-corrected chi connectivity index (χ0v) is 10.6. The second-order valence-electron chi connectivity index (χ2n) is 3.72. The summed E-state index contributed by atoms with van der Waals surface area (Å²) in [6, 6.07) is 4.28. The molecule has 2 aromatic rings. The summed E-state index contributed by atoms with van der Waals surface area (Å²) >= 11 is 0. The van der Waals surface area contributed by atoms with Crippen LogP contribution in [0.4, 0.5) is 8.78 Å². The van der Waals surface area contributed by atoms with E-state index in [1.54, 1.807) is 0 Å². The van der Waals surface area contributed by atoms with Gasteiger partial charge in [-0.15, -0.1) is 0 Å². The largest absolute Gasteiger partial charge is 0.477 e. The molecule has 0 fully saturated rings. The van der Waals surface area contributed by atoms with Crippen molar-refractivity contribution in [3.63, 3.8) is 0 Å². The average Bonchev–Trinajstić information content (AvgIpc) is 2.79. The predicted octanol–water partition coefficient (Wildman–Crippen LogP) is 1.40. The Balaban J connectivity index is 2.53. The molecular weight excluding hydrogens is 294 g/mol. The van der Waals surface area contributed by atoms with Gasteiger partial charge in [0.1, 0.15) is 16.3 Å². The van der Waals surface area contributed by atoms with E-state index in [-0.39, 0.29) is 0 Å². The second-order valence-corrected chi connectivity index (χ2v) is 5.35. The first-order valence-electron chi connectivity index (χ1n) is 5.20. The van der Waals surface area contributed by atoms with E-state index in [2.05, 4.69) is 0 Å². The predicted molar refractivity (Wildman–Crippen MR) is 64.3 cm³/mol. The van der Waals surface area contributed by atoms with Crippen LogP contribution in [-0.4, -0.2) is 24.2 Å². The average molecular weight is 302 g/mol. The van der Waals surface area contributed by atoms with E-state index in [0.717, 1.165) is 4.68 Å². The Bertz CT molecular complexity index is 757. The summed E-state index contributed by atoms with van der Waals surface area (Å²) in [4.78, 5) is 11.8. The summed E-state index contributed by atoms with van der Waals surface area (Å²) in [5.41, 5.74) is -1.32.